The van der Waals surface area contributed by atoms with Crippen LogP contribution in [-0.2, 0) is 13.0 Å². The van der Waals surface area contributed by atoms with E-state index >= 15 is 0 Å². The predicted octanol–water partition coefficient (Wildman–Crippen LogP) is 3.48. The van der Waals surface area contributed by atoms with E-state index in [1.165, 1.54) is 29.0 Å². The molecule has 0 bridgehead atoms. The lowest BCUT2D eigenvalue weighted by Gasteiger charge is -2.04. The van der Waals surface area contributed by atoms with Crippen LogP contribution in [0.1, 0.15) is 16.1 Å². The van der Waals surface area contributed by atoms with Crippen molar-refractivity contribution in [3.63, 3.8) is 0 Å². The van der Waals surface area contributed by atoms with Crippen LogP contribution in [0, 0.1) is 5.82 Å². The number of hydrogen-bond donors (Lipinski definition) is 1. The largest absolute Gasteiger partial charge is 0.326 e. The van der Waals surface area contributed by atoms with Crippen LogP contribution in [0.3, 0.4) is 0 Å². The first-order valence-corrected chi connectivity index (χ1v) is 6.90. The number of fused-ring (bicyclic) bond motifs is 1. The Hall–Kier alpha value is -1.78. The standard InChI is InChI=1S/C15H13FN2S/c16-12-5-6-13-14(8-12)19-15(18-13)7-10-3-1-2-4-11(10)9-17/h1-6,8H,7,9,17H2. The molecule has 3 rings (SSSR count). The van der Waals surface area contributed by atoms with E-state index in [0.717, 1.165) is 27.2 Å². The lowest BCUT2D eigenvalue weighted by atomic mass is 10.1. The van der Waals surface area contributed by atoms with Crippen molar-refractivity contribution in [2.24, 2.45) is 5.73 Å². The second kappa shape index (κ2) is 5.07. The molecule has 0 aliphatic rings. The summed E-state index contributed by atoms with van der Waals surface area (Å²) in [4.78, 5) is 4.54. The van der Waals surface area contributed by atoms with Crippen molar-refractivity contribution in [2.45, 2.75) is 13.0 Å². The van der Waals surface area contributed by atoms with E-state index < -0.39 is 0 Å². The molecular formula is C15H13FN2S. The number of hydrogen-bond acceptors (Lipinski definition) is 3. The van der Waals surface area contributed by atoms with E-state index in [1.807, 2.05) is 18.2 Å². The maximum absolute atomic E-state index is 13.2. The summed E-state index contributed by atoms with van der Waals surface area (Å²) < 4.78 is 14.0. The molecule has 0 fully saturated rings. The monoisotopic (exact) mass is 272 g/mol. The molecule has 2 nitrogen and oxygen atoms in total. The molecule has 96 valence electrons. The summed E-state index contributed by atoms with van der Waals surface area (Å²) in [6.45, 7) is 0.524. The third kappa shape index (κ3) is 2.50. The van der Waals surface area contributed by atoms with Crippen LogP contribution in [0.15, 0.2) is 42.5 Å². The second-order valence-electron chi connectivity index (χ2n) is 4.37. The second-order valence-corrected chi connectivity index (χ2v) is 5.48. The fraction of sp³-hybridized carbons (Fsp3) is 0.133. The molecule has 0 aliphatic heterocycles. The van der Waals surface area contributed by atoms with Gasteiger partial charge in [0.1, 0.15) is 5.82 Å². The highest BCUT2D eigenvalue weighted by Crippen LogP contribution is 2.25. The Morgan fingerprint density at radius 2 is 1.89 bits per heavy atom. The zero-order valence-corrected chi connectivity index (χ0v) is 11.1. The highest BCUT2D eigenvalue weighted by molar-refractivity contribution is 7.18. The molecule has 3 aromatic rings. The van der Waals surface area contributed by atoms with Crippen molar-refractivity contribution < 1.29 is 4.39 Å². The summed E-state index contributed by atoms with van der Waals surface area (Å²) in [5.41, 5.74) is 8.90. The molecule has 1 aromatic heterocycles. The predicted molar refractivity (Wildman–Crippen MR) is 76.7 cm³/mol. The molecule has 0 spiro atoms. The zero-order valence-electron chi connectivity index (χ0n) is 10.3. The van der Waals surface area contributed by atoms with Crippen LogP contribution in [0.4, 0.5) is 4.39 Å². The van der Waals surface area contributed by atoms with Crippen LogP contribution in [0.25, 0.3) is 10.2 Å². The van der Waals surface area contributed by atoms with Gasteiger partial charge in [0.15, 0.2) is 0 Å². The maximum atomic E-state index is 13.2. The van der Waals surface area contributed by atoms with Crippen LogP contribution in [-0.4, -0.2) is 4.98 Å². The first kappa shape index (κ1) is 12.3. The Bertz CT molecular complexity index is 721. The van der Waals surface area contributed by atoms with Gasteiger partial charge in [0, 0.05) is 13.0 Å². The van der Waals surface area contributed by atoms with E-state index in [4.69, 9.17) is 5.73 Å². The number of aromatic nitrogens is 1. The molecule has 0 saturated carbocycles. The van der Waals surface area contributed by atoms with Crippen molar-refractivity contribution in [3.05, 3.63) is 64.4 Å². The topological polar surface area (TPSA) is 38.9 Å². The van der Waals surface area contributed by atoms with Gasteiger partial charge in [0.05, 0.1) is 15.2 Å². The van der Waals surface area contributed by atoms with Gasteiger partial charge in [-0.2, -0.15) is 0 Å². The summed E-state index contributed by atoms with van der Waals surface area (Å²) in [6, 6.07) is 12.8. The molecule has 19 heavy (non-hydrogen) atoms. The van der Waals surface area contributed by atoms with Crippen molar-refractivity contribution in [1.82, 2.24) is 4.98 Å². The Kier molecular flexibility index (Phi) is 3.27. The number of halogens is 1. The van der Waals surface area contributed by atoms with Gasteiger partial charge < -0.3 is 5.73 Å². The summed E-state index contributed by atoms with van der Waals surface area (Å²) in [6.07, 6.45) is 0.744. The summed E-state index contributed by atoms with van der Waals surface area (Å²) in [5, 5.41) is 0.988. The van der Waals surface area contributed by atoms with Gasteiger partial charge in [-0.05, 0) is 29.3 Å². The van der Waals surface area contributed by atoms with E-state index in [1.54, 1.807) is 6.07 Å². The number of rotatable bonds is 3. The zero-order chi connectivity index (χ0) is 13.2. The normalized spacial score (nSPS) is 11.1. The third-order valence-corrected chi connectivity index (χ3v) is 4.09. The van der Waals surface area contributed by atoms with Crippen molar-refractivity contribution >= 4 is 21.6 Å². The fourth-order valence-corrected chi connectivity index (χ4v) is 3.13. The van der Waals surface area contributed by atoms with Gasteiger partial charge in [0.25, 0.3) is 0 Å². The van der Waals surface area contributed by atoms with Crippen molar-refractivity contribution in [3.8, 4) is 0 Å². The number of benzene rings is 2. The lowest BCUT2D eigenvalue weighted by Crippen LogP contribution is -2.01. The molecule has 0 amide bonds. The van der Waals surface area contributed by atoms with Crippen LogP contribution in [0.2, 0.25) is 0 Å². The van der Waals surface area contributed by atoms with Crippen molar-refractivity contribution in [2.75, 3.05) is 0 Å². The molecule has 2 aromatic carbocycles. The van der Waals surface area contributed by atoms with E-state index in [-0.39, 0.29) is 5.82 Å². The minimum atomic E-state index is -0.218. The quantitative estimate of drug-likeness (QED) is 0.792. The fourth-order valence-electron chi connectivity index (χ4n) is 2.11. The Morgan fingerprint density at radius 3 is 2.68 bits per heavy atom. The van der Waals surface area contributed by atoms with Crippen LogP contribution >= 0.6 is 11.3 Å². The molecule has 0 saturated heterocycles. The first-order valence-electron chi connectivity index (χ1n) is 6.08. The van der Waals surface area contributed by atoms with Gasteiger partial charge in [-0.25, -0.2) is 9.37 Å². The lowest BCUT2D eigenvalue weighted by molar-refractivity contribution is 0.630. The van der Waals surface area contributed by atoms with E-state index in [9.17, 15) is 4.39 Å². The third-order valence-electron chi connectivity index (χ3n) is 3.07. The van der Waals surface area contributed by atoms with Gasteiger partial charge in [-0.3, -0.25) is 0 Å². The summed E-state index contributed by atoms with van der Waals surface area (Å²) >= 11 is 1.53. The van der Waals surface area contributed by atoms with Gasteiger partial charge in [-0.1, -0.05) is 24.3 Å². The van der Waals surface area contributed by atoms with Crippen LogP contribution < -0.4 is 5.73 Å². The molecular weight excluding hydrogens is 259 g/mol. The highest BCUT2D eigenvalue weighted by atomic mass is 32.1. The minimum Gasteiger partial charge on any atom is -0.326 e. The average molecular weight is 272 g/mol. The molecule has 0 radical (unpaired) electrons. The average Bonchev–Trinajstić information content (AvgIpc) is 2.80. The molecule has 0 aliphatic carbocycles. The molecule has 2 N–H and O–H groups in total. The smallest absolute Gasteiger partial charge is 0.124 e. The first-order chi connectivity index (χ1) is 9.26. The van der Waals surface area contributed by atoms with Gasteiger partial charge in [-0.15, -0.1) is 11.3 Å². The Labute approximate surface area is 114 Å². The molecule has 0 unspecified atom stereocenters. The van der Waals surface area contributed by atoms with E-state index in [0.29, 0.717) is 6.54 Å². The number of nitrogens with zero attached hydrogens (tertiary/aromatic N) is 1. The van der Waals surface area contributed by atoms with Gasteiger partial charge in [0.2, 0.25) is 0 Å². The van der Waals surface area contributed by atoms with Crippen LogP contribution in [0.5, 0.6) is 0 Å². The Morgan fingerprint density at radius 1 is 1.11 bits per heavy atom. The minimum absolute atomic E-state index is 0.218. The molecule has 4 heteroatoms. The van der Waals surface area contributed by atoms with Gasteiger partial charge >= 0.3 is 0 Å². The molecule has 0 atom stereocenters. The SMILES string of the molecule is NCc1ccccc1Cc1nc2ccc(F)cc2s1. The highest BCUT2D eigenvalue weighted by Gasteiger charge is 2.07. The number of thiazole rings is 1. The number of nitrogens with two attached hydrogens (primary N) is 1. The summed E-state index contributed by atoms with van der Waals surface area (Å²) in [7, 11) is 0. The maximum Gasteiger partial charge on any atom is 0.124 e. The summed E-state index contributed by atoms with van der Waals surface area (Å²) in [5.74, 6) is -0.218. The van der Waals surface area contributed by atoms with E-state index in [2.05, 4.69) is 11.1 Å². The Balaban J connectivity index is 1.96. The van der Waals surface area contributed by atoms with Crippen molar-refractivity contribution in [1.29, 1.82) is 0 Å². The molecule has 1 heterocycles.